The zero-order valence-corrected chi connectivity index (χ0v) is 25.0. The molecule has 0 spiro atoms. The quantitative estimate of drug-likeness (QED) is 0.307. The van der Waals surface area contributed by atoms with E-state index in [0.29, 0.717) is 39.1 Å². The number of phenolic OH excluding ortho intramolecular Hbond substituents is 1. The Morgan fingerprint density at radius 3 is 2.30 bits per heavy atom. The van der Waals surface area contributed by atoms with Gasteiger partial charge in [-0.1, -0.05) is 96.6 Å². The summed E-state index contributed by atoms with van der Waals surface area (Å²) >= 11 is 0. The second-order valence-electron chi connectivity index (χ2n) is 12.5. The fraction of sp³-hybridized carbons (Fsp3) is 0.237. The molecule has 0 radical (unpaired) electrons. The third-order valence-electron chi connectivity index (χ3n) is 10.4. The molecule has 1 saturated heterocycles. The van der Waals surface area contributed by atoms with Gasteiger partial charge in [0.15, 0.2) is 11.6 Å². The summed E-state index contributed by atoms with van der Waals surface area (Å²) in [6, 6.07) is 22.3. The van der Waals surface area contributed by atoms with Crippen molar-refractivity contribution in [3.63, 3.8) is 0 Å². The molecule has 0 bridgehead atoms. The van der Waals surface area contributed by atoms with Crippen molar-refractivity contribution in [1.82, 2.24) is 4.90 Å². The van der Waals surface area contributed by atoms with Crippen molar-refractivity contribution in [1.29, 1.82) is 0 Å². The second-order valence-corrected chi connectivity index (χ2v) is 12.5. The van der Waals surface area contributed by atoms with Crippen LogP contribution in [0.5, 0.6) is 5.75 Å². The largest absolute Gasteiger partial charge is 0.507 e. The minimum absolute atomic E-state index is 0.0178. The highest BCUT2D eigenvalue weighted by molar-refractivity contribution is 6.31. The van der Waals surface area contributed by atoms with Crippen LogP contribution in [0.3, 0.4) is 0 Å². The molecule has 0 aromatic heterocycles. The number of carbonyl (C=O) groups is 5. The maximum Gasteiger partial charge on any atom is 0.328 e. The lowest BCUT2D eigenvalue weighted by atomic mass is 9.44. The highest BCUT2D eigenvalue weighted by atomic mass is 16.3. The first-order chi connectivity index (χ1) is 22.2. The van der Waals surface area contributed by atoms with E-state index in [4.69, 9.17) is 5.73 Å². The van der Waals surface area contributed by atoms with Gasteiger partial charge in [-0.2, -0.15) is 4.90 Å². The smallest absolute Gasteiger partial charge is 0.328 e. The summed E-state index contributed by atoms with van der Waals surface area (Å²) in [6.45, 7) is 3.82. The van der Waals surface area contributed by atoms with E-state index in [-0.39, 0.29) is 35.7 Å². The molecular formula is C38H32N2O6. The number of benzene rings is 3. The Bertz CT molecular complexity index is 1890. The molecular weight excluding hydrogens is 580 g/mol. The van der Waals surface area contributed by atoms with Gasteiger partial charge in [-0.05, 0) is 47.9 Å². The van der Waals surface area contributed by atoms with Crippen LogP contribution in [0.4, 0.5) is 4.79 Å². The number of amides is 4. The monoisotopic (exact) mass is 612 g/mol. The number of urea groups is 1. The normalized spacial score (nSPS) is 28.5. The number of likely N-dealkylation sites (tertiary alicyclic amines) is 1. The molecule has 7 rings (SSSR count). The van der Waals surface area contributed by atoms with Crippen molar-refractivity contribution in [2.24, 2.45) is 29.4 Å². The number of carbonyl (C=O) groups excluding carboxylic acids is 5. The molecule has 2 fully saturated rings. The van der Waals surface area contributed by atoms with Gasteiger partial charge >= 0.3 is 6.03 Å². The van der Waals surface area contributed by atoms with Crippen molar-refractivity contribution < 1.29 is 29.1 Å². The lowest BCUT2D eigenvalue weighted by molar-refractivity contribution is -0.137. The zero-order valence-electron chi connectivity index (χ0n) is 25.0. The zero-order chi connectivity index (χ0) is 32.3. The van der Waals surface area contributed by atoms with Gasteiger partial charge in [-0.3, -0.25) is 19.2 Å². The number of nitrogens with two attached hydrogens (primary N) is 1. The average Bonchev–Trinajstić information content (AvgIpc) is 3.33. The minimum Gasteiger partial charge on any atom is -0.507 e. The fourth-order valence-electron chi connectivity index (χ4n) is 8.60. The van der Waals surface area contributed by atoms with E-state index in [9.17, 15) is 24.3 Å². The Balaban J connectivity index is 1.53. The van der Waals surface area contributed by atoms with E-state index < -0.39 is 52.8 Å². The Labute approximate surface area is 265 Å². The van der Waals surface area contributed by atoms with Gasteiger partial charge in [-0.25, -0.2) is 4.79 Å². The number of allylic oxidation sites excluding steroid dienone is 5. The van der Waals surface area contributed by atoms with Crippen LogP contribution in [-0.4, -0.2) is 39.4 Å². The third kappa shape index (κ3) is 4.02. The van der Waals surface area contributed by atoms with Crippen LogP contribution in [0.1, 0.15) is 41.0 Å². The molecule has 3 aromatic rings. The van der Waals surface area contributed by atoms with Gasteiger partial charge in [0, 0.05) is 23.0 Å². The molecule has 1 aliphatic heterocycles. The van der Waals surface area contributed by atoms with Crippen molar-refractivity contribution in [2.45, 2.75) is 30.6 Å². The molecule has 4 aliphatic rings. The van der Waals surface area contributed by atoms with Gasteiger partial charge in [-0.15, -0.1) is 6.58 Å². The van der Waals surface area contributed by atoms with E-state index in [1.165, 1.54) is 6.08 Å². The molecule has 0 unspecified atom stereocenters. The first kappa shape index (κ1) is 29.3. The first-order valence-electron chi connectivity index (χ1n) is 15.4. The minimum atomic E-state index is -1.47. The number of nitrogens with zero attached hydrogens (tertiary/aromatic N) is 1. The predicted octanol–water partition coefficient (Wildman–Crippen LogP) is 5.02. The number of aromatic hydroxyl groups is 1. The van der Waals surface area contributed by atoms with E-state index in [1.54, 1.807) is 48.5 Å². The lowest BCUT2D eigenvalue weighted by Gasteiger charge is -2.55. The summed E-state index contributed by atoms with van der Waals surface area (Å²) in [5.74, 6) is -6.15. The number of imide groups is 3. The standard InChI is InChI=1S/C38H32N2O6/c1-2-10-22-13-9-16-26(33(22)42)32-24-17-18-25-31(36(45)40(35(25)44)37(39)46)28(24)19-29-34(43)27(21-11-5-3-6-12-21)20-30(41)38(29,32)23-14-7-4-8-15-23/h2-9,11-17,20,25,28-29,31-32,42H,1,10,18-19H2,(H2,39,46)/t25-,28+,29-,31-,32+,38-/m0/s1. The van der Waals surface area contributed by atoms with Crippen LogP contribution in [0.25, 0.3) is 5.57 Å². The highest BCUT2D eigenvalue weighted by Gasteiger charge is 2.66. The molecule has 3 aromatic carbocycles. The molecule has 3 N–H and O–H groups in total. The van der Waals surface area contributed by atoms with Crippen LogP contribution in [0.15, 0.2) is 109 Å². The Morgan fingerprint density at radius 2 is 1.63 bits per heavy atom. The summed E-state index contributed by atoms with van der Waals surface area (Å²) in [4.78, 5) is 69.7. The number of Topliss-reactive ketones (excluding diaryl/α,β-unsaturated/α-hetero) is 1. The van der Waals surface area contributed by atoms with Gasteiger partial charge in [0.2, 0.25) is 11.8 Å². The maximum absolute atomic E-state index is 15.0. The van der Waals surface area contributed by atoms with Crippen LogP contribution in [0, 0.1) is 23.7 Å². The van der Waals surface area contributed by atoms with Crippen LogP contribution in [0.2, 0.25) is 0 Å². The molecule has 1 saturated carbocycles. The molecule has 4 amide bonds. The van der Waals surface area contributed by atoms with Crippen molar-refractivity contribution in [3.05, 3.63) is 131 Å². The van der Waals surface area contributed by atoms with Gasteiger partial charge in [0.25, 0.3) is 0 Å². The summed E-state index contributed by atoms with van der Waals surface area (Å²) < 4.78 is 0. The number of hydrogen-bond donors (Lipinski definition) is 2. The number of primary amides is 1. The number of hydrogen-bond acceptors (Lipinski definition) is 6. The molecule has 1 heterocycles. The van der Waals surface area contributed by atoms with Crippen LogP contribution >= 0.6 is 0 Å². The molecule has 8 nitrogen and oxygen atoms in total. The number of para-hydroxylation sites is 1. The van der Waals surface area contributed by atoms with Gasteiger partial charge in [0.05, 0.1) is 17.3 Å². The van der Waals surface area contributed by atoms with E-state index in [1.807, 2.05) is 42.5 Å². The fourth-order valence-corrected chi connectivity index (χ4v) is 8.60. The van der Waals surface area contributed by atoms with Crippen molar-refractivity contribution in [2.75, 3.05) is 0 Å². The van der Waals surface area contributed by atoms with Crippen LogP contribution in [-0.2, 0) is 31.0 Å². The van der Waals surface area contributed by atoms with Crippen molar-refractivity contribution >= 4 is 35.0 Å². The van der Waals surface area contributed by atoms with Gasteiger partial charge < -0.3 is 10.8 Å². The number of rotatable bonds is 5. The SMILES string of the molecule is C=CCc1cccc([C@H]2C3=CC[C@@H]4C(=O)N(C(N)=O)C(=O)[C@@H]4[C@@H]3C[C@H]3C(=O)C(c4ccccc4)=CC(=O)[C@@]23c2ccccc2)c1O. The summed E-state index contributed by atoms with van der Waals surface area (Å²) in [6.07, 6.45) is 5.59. The third-order valence-corrected chi connectivity index (χ3v) is 10.4. The Morgan fingerprint density at radius 1 is 0.935 bits per heavy atom. The highest BCUT2D eigenvalue weighted by Crippen LogP contribution is 2.64. The number of fused-ring (bicyclic) bond motifs is 4. The Hall–Kier alpha value is -5.37. The van der Waals surface area contributed by atoms with Crippen molar-refractivity contribution in [3.8, 4) is 5.75 Å². The number of phenols is 1. The topological polar surface area (TPSA) is 135 Å². The maximum atomic E-state index is 15.0. The van der Waals surface area contributed by atoms with E-state index >= 15 is 4.79 Å². The molecule has 6 atom stereocenters. The van der Waals surface area contributed by atoms with E-state index in [0.717, 1.165) is 0 Å². The number of ketones is 2. The molecule has 3 aliphatic carbocycles. The molecule has 46 heavy (non-hydrogen) atoms. The summed E-state index contributed by atoms with van der Waals surface area (Å²) in [5.41, 5.74) is 7.26. The molecule has 8 heteroatoms. The van der Waals surface area contributed by atoms with E-state index in [2.05, 4.69) is 6.58 Å². The lowest BCUT2D eigenvalue weighted by Crippen LogP contribution is -2.58. The summed E-state index contributed by atoms with van der Waals surface area (Å²) in [5, 5.41) is 11.8. The van der Waals surface area contributed by atoms with Crippen LogP contribution < -0.4 is 5.73 Å². The second kappa shape index (κ2) is 10.9. The Kier molecular flexibility index (Phi) is 6.96. The van der Waals surface area contributed by atoms with Gasteiger partial charge in [0.1, 0.15) is 5.75 Å². The summed E-state index contributed by atoms with van der Waals surface area (Å²) in [7, 11) is 0. The predicted molar refractivity (Wildman–Crippen MR) is 170 cm³/mol. The molecule has 230 valence electrons. The average molecular weight is 613 g/mol. The first-order valence-corrected chi connectivity index (χ1v) is 15.4.